The van der Waals surface area contributed by atoms with Crippen LogP contribution in [0.4, 0.5) is 5.13 Å². The maximum Gasteiger partial charge on any atom is 0.202 e. The number of aryl methyl sites for hydroxylation is 1. The minimum Gasteiger partial charge on any atom is -0.358 e. The quantitative estimate of drug-likeness (QED) is 0.782. The second kappa shape index (κ2) is 5.42. The van der Waals surface area contributed by atoms with E-state index in [4.69, 9.17) is 5.73 Å². The number of rotatable bonds is 6. The molecule has 0 aliphatic heterocycles. The second-order valence-corrected chi connectivity index (χ2v) is 4.54. The molecule has 1 heterocycles. The van der Waals surface area contributed by atoms with Crippen LogP contribution in [-0.4, -0.2) is 21.4 Å². The lowest BCUT2D eigenvalue weighted by Crippen LogP contribution is -2.45. The van der Waals surface area contributed by atoms with Crippen LogP contribution in [0.25, 0.3) is 0 Å². The fourth-order valence-electron chi connectivity index (χ4n) is 1.22. The van der Waals surface area contributed by atoms with Gasteiger partial charge in [-0.3, -0.25) is 0 Å². The summed E-state index contributed by atoms with van der Waals surface area (Å²) in [6.07, 6.45) is 2.82. The summed E-state index contributed by atoms with van der Waals surface area (Å²) < 4.78 is 4.21. The van der Waals surface area contributed by atoms with Gasteiger partial charge in [-0.25, -0.2) is 4.98 Å². The molecule has 3 N–H and O–H groups in total. The van der Waals surface area contributed by atoms with E-state index in [1.54, 1.807) is 0 Å². The van der Waals surface area contributed by atoms with Gasteiger partial charge in [0.1, 0.15) is 5.82 Å². The second-order valence-electron chi connectivity index (χ2n) is 3.79. The molecular formula is C10H20N4S. The van der Waals surface area contributed by atoms with Crippen LogP contribution in [0.1, 0.15) is 39.4 Å². The van der Waals surface area contributed by atoms with Gasteiger partial charge < -0.3 is 11.1 Å². The number of hydrogen-bond acceptors (Lipinski definition) is 5. The first-order chi connectivity index (χ1) is 7.13. The van der Waals surface area contributed by atoms with Crippen molar-refractivity contribution in [2.75, 3.05) is 11.9 Å². The Morgan fingerprint density at radius 1 is 1.33 bits per heavy atom. The molecule has 0 aliphatic rings. The fourth-order valence-corrected chi connectivity index (χ4v) is 1.87. The highest BCUT2D eigenvalue weighted by Gasteiger charge is 2.20. The van der Waals surface area contributed by atoms with Gasteiger partial charge in [-0.15, -0.1) is 0 Å². The van der Waals surface area contributed by atoms with Crippen LogP contribution in [0.5, 0.6) is 0 Å². The zero-order chi connectivity index (χ0) is 11.3. The van der Waals surface area contributed by atoms with E-state index < -0.39 is 0 Å². The first-order valence-corrected chi connectivity index (χ1v) is 6.26. The molecule has 1 aromatic rings. The van der Waals surface area contributed by atoms with Crippen LogP contribution in [0.15, 0.2) is 0 Å². The van der Waals surface area contributed by atoms with Gasteiger partial charge in [0.15, 0.2) is 0 Å². The molecule has 4 nitrogen and oxygen atoms in total. The standard InChI is InChI=1S/C10H20N4S/c1-4-8-13-9(15-14-8)12-7-10(11,5-2)6-3/h4-7,11H2,1-3H3,(H,12,13,14). The van der Waals surface area contributed by atoms with Crippen LogP contribution in [0.3, 0.4) is 0 Å². The third kappa shape index (κ3) is 3.43. The van der Waals surface area contributed by atoms with E-state index >= 15 is 0 Å². The molecule has 1 aromatic heterocycles. The number of anilines is 1. The van der Waals surface area contributed by atoms with Gasteiger partial charge in [-0.2, -0.15) is 4.37 Å². The number of hydrogen-bond donors (Lipinski definition) is 2. The number of aromatic nitrogens is 2. The monoisotopic (exact) mass is 228 g/mol. The normalized spacial score (nSPS) is 11.7. The summed E-state index contributed by atoms with van der Waals surface area (Å²) in [5.74, 6) is 0.901. The molecule has 86 valence electrons. The lowest BCUT2D eigenvalue weighted by atomic mass is 9.94. The van der Waals surface area contributed by atoms with Crippen LogP contribution >= 0.6 is 11.5 Å². The third-order valence-corrected chi connectivity index (χ3v) is 3.49. The molecule has 0 atom stereocenters. The first kappa shape index (κ1) is 12.4. The van der Waals surface area contributed by atoms with E-state index in [9.17, 15) is 0 Å². The summed E-state index contributed by atoms with van der Waals surface area (Å²) in [6.45, 7) is 7.04. The number of nitrogens with two attached hydrogens (primary N) is 1. The van der Waals surface area contributed by atoms with Crippen molar-refractivity contribution in [2.45, 2.75) is 45.6 Å². The average Bonchev–Trinajstić information content (AvgIpc) is 2.74. The van der Waals surface area contributed by atoms with Crippen molar-refractivity contribution < 1.29 is 0 Å². The largest absolute Gasteiger partial charge is 0.358 e. The lowest BCUT2D eigenvalue weighted by Gasteiger charge is -2.26. The predicted octanol–water partition coefficient (Wildman–Crippen LogP) is 2.03. The first-order valence-electron chi connectivity index (χ1n) is 5.49. The van der Waals surface area contributed by atoms with Gasteiger partial charge in [0.05, 0.1) is 0 Å². The summed E-state index contributed by atoms with van der Waals surface area (Å²) in [5.41, 5.74) is 6.05. The van der Waals surface area contributed by atoms with E-state index in [2.05, 4.69) is 35.4 Å². The predicted molar refractivity (Wildman–Crippen MR) is 65.3 cm³/mol. The maximum absolute atomic E-state index is 6.18. The Kier molecular flexibility index (Phi) is 4.47. The minimum absolute atomic E-state index is 0.127. The summed E-state index contributed by atoms with van der Waals surface area (Å²) in [5, 5.41) is 4.14. The van der Waals surface area contributed by atoms with E-state index in [0.717, 1.165) is 36.8 Å². The van der Waals surface area contributed by atoms with Crippen molar-refractivity contribution in [3.05, 3.63) is 5.82 Å². The smallest absolute Gasteiger partial charge is 0.202 e. The molecule has 0 aromatic carbocycles. The molecule has 0 unspecified atom stereocenters. The Labute approximate surface area is 95.5 Å². The summed E-state index contributed by atoms with van der Waals surface area (Å²) >= 11 is 1.41. The molecule has 0 fully saturated rings. The number of nitrogens with one attached hydrogen (secondary N) is 1. The minimum atomic E-state index is -0.127. The van der Waals surface area contributed by atoms with Crippen LogP contribution in [0, 0.1) is 0 Å². The molecule has 0 radical (unpaired) electrons. The highest BCUT2D eigenvalue weighted by Crippen LogP contribution is 2.15. The van der Waals surface area contributed by atoms with Crippen molar-refractivity contribution in [1.29, 1.82) is 0 Å². The Hall–Kier alpha value is -0.680. The van der Waals surface area contributed by atoms with Crippen molar-refractivity contribution >= 4 is 16.7 Å². The molecule has 1 rings (SSSR count). The Bertz CT molecular complexity index is 293. The Balaban J connectivity index is 2.49. The van der Waals surface area contributed by atoms with Crippen molar-refractivity contribution in [3.8, 4) is 0 Å². The van der Waals surface area contributed by atoms with E-state index in [1.807, 2.05) is 0 Å². The summed E-state index contributed by atoms with van der Waals surface area (Å²) in [7, 11) is 0. The van der Waals surface area contributed by atoms with E-state index in [1.165, 1.54) is 11.5 Å². The van der Waals surface area contributed by atoms with E-state index in [-0.39, 0.29) is 5.54 Å². The zero-order valence-electron chi connectivity index (χ0n) is 9.71. The van der Waals surface area contributed by atoms with Crippen molar-refractivity contribution in [3.63, 3.8) is 0 Å². The zero-order valence-corrected chi connectivity index (χ0v) is 10.5. The van der Waals surface area contributed by atoms with Crippen molar-refractivity contribution in [2.24, 2.45) is 5.73 Å². The van der Waals surface area contributed by atoms with Crippen LogP contribution in [0.2, 0.25) is 0 Å². The molecule has 5 heteroatoms. The van der Waals surface area contributed by atoms with Gasteiger partial charge in [0, 0.05) is 30.0 Å². The van der Waals surface area contributed by atoms with Crippen LogP contribution in [-0.2, 0) is 6.42 Å². The molecule has 0 saturated carbocycles. The highest BCUT2D eigenvalue weighted by molar-refractivity contribution is 7.09. The Morgan fingerprint density at radius 2 is 2.00 bits per heavy atom. The fraction of sp³-hybridized carbons (Fsp3) is 0.800. The maximum atomic E-state index is 6.18. The SMILES string of the molecule is CCc1nsc(NCC(N)(CC)CC)n1. The molecule has 15 heavy (non-hydrogen) atoms. The topological polar surface area (TPSA) is 63.8 Å². The molecule has 0 saturated heterocycles. The summed E-state index contributed by atoms with van der Waals surface area (Å²) in [4.78, 5) is 4.34. The highest BCUT2D eigenvalue weighted by atomic mass is 32.1. The average molecular weight is 228 g/mol. The molecule has 0 aliphatic carbocycles. The summed E-state index contributed by atoms with van der Waals surface area (Å²) in [6, 6.07) is 0. The van der Waals surface area contributed by atoms with Crippen LogP contribution < -0.4 is 11.1 Å². The molecule has 0 spiro atoms. The van der Waals surface area contributed by atoms with Gasteiger partial charge >= 0.3 is 0 Å². The number of nitrogens with zero attached hydrogens (tertiary/aromatic N) is 2. The van der Waals surface area contributed by atoms with E-state index in [0.29, 0.717) is 0 Å². The van der Waals surface area contributed by atoms with Gasteiger partial charge in [0.2, 0.25) is 5.13 Å². The third-order valence-electron chi connectivity index (χ3n) is 2.78. The molecular weight excluding hydrogens is 208 g/mol. The lowest BCUT2D eigenvalue weighted by molar-refractivity contribution is 0.418. The Morgan fingerprint density at radius 3 is 2.47 bits per heavy atom. The molecule has 0 bridgehead atoms. The van der Waals surface area contributed by atoms with Gasteiger partial charge in [-0.05, 0) is 12.8 Å². The van der Waals surface area contributed by atoms with Crippen molar-refractivity contribution in [1.82, 2.24) is 9.36 Å². The van der Waals surface area contributed by atoms with Gasteiger partial charge in [-0.1, -0.05) is 20.8 Å². The van der Waals surface area contributed by atoms with Gasteiger partial charge in [0.25, 0.3) is 0 Å². The molecule has 0 amide bonds.